The largest absolute Gasteiger partial charge is 0.396 e. The number of aliphatic hydroxyl groups excluding tert-OH is 1. The lowest BCUT2D eigenvalue weighted by Gasteiger charge is -2.24. The smallest absolute Gasteiger partial charge is 0.0433 e. The van der Waals surface area contributed by atoms with Gasteiger partial charge in [0, 0.05) is 6.61 Å². The number of hydrogen-bond donors (Lipinski definition) is 1. The molecule has 0 aromatic rings. The summed E-state index contributed by atoms with van der Waals surface area (Å²) in [6, 6.07) is 0. The van der Waals surface area contributed by atoms with E-state index in [1.54, 1.807) is 0 Å². The molecule has 70 valence electrons. The van der Waals surface area contributed by atoms with Gasteiger partial charge < -0.3 is 5.11 Å². The van der Waals surface area contributed by atoms with E-state index in [1.165, 1.54) is 38.5 Å². The molecule has 0 saturated heterocycles. The van der Waals surface area contributed by atoms with Crippen LogP contribution in [-0.4, -0.2) is 11.7 Å². The monoisotopic (exact) mass is 168 g/mol. The van der Waals surface area contributed by atoms with E-state index in [0.717, 1.165) is 24.2 Å². The van der Waals surface area contributed by atoms with Crippen LogP contribution in [0, 0.1) is 17.8 Å². The molecule has 1 N–H and O–H groups in total. The van der Waals surface area contributed by atoms with Crippen LogP contribution in [0.4, 0.5) is 0 Å². The second-order valence-corrected chi connectivity index (χ2v) is 4.65. The minimum absolute atomic E-state index is 0.407. The Kier molecular flexibility index (Phi) is 2.69. The summed E-state index contributed by atoms with van der Waals surface area (Å²) in [7, 11) is 0. The lowest BCUT2D eigenvalue weighted by Crippen LogP contribution is -2.12. The third-order valence-electron chi connectivity index (χ3n) is 3.88. The van der Waals surface area contributed by atoms with Gasteiger partial charge in [0.05, 0.1) is 0 Å². The molecular formula is C11H20O. The van der Waals surface area contributed by atoms with Crippen molar-refractivity contribution in [1.29, 1.82) is 0 Å². The summed E-state index contributed by atoms with van der Waals surface area (Å²) < 4.78 is 0. The fourth-order valence-electron chi connectivity index (χ4n) is 3.28. The number of hydrogen-bond acceptors (Lipinski definition) is 1. The molecule has 2 fully saturated rings. The van der Waals surface area contributed by atoms with Gasteiger partial charge in [0.25, 0.3) is 0 Å². The average Bonchev–Trinajstić information content (AvgIpc) is 2.47. The zero-order valence-electron chi connectivity index (χ0n) is 7.84. The maximum absolute atomic E-state index is 8.86. The maximum atomic E-state index is 8.86. The molecule has 0 aliphatic heterocycles. The lowest BCUT2D eigenvalue weighted by atomic mass is 9.82. The van der Waals surface area contributed by atoms with Crippen LogP contribution in [-0.2, 0) is 0 Å². The summed E-state index contributed by atoms with van der Waals surface area (Å²) in [4.78, 5) is 0. The zero-order valence-corrected chi connectivity index (χ0v) is 7.84. The van der Waals surface area contributed by atoms with Crippen LogP contribution in [0.1, 0.15) is 44.9 Å². The molecule has 2 aliphatic rings. The van der Waals surface area contributed by atoms with Crippen molar-refractivity contribution in [2.24, 2.45) is 17.8 Å². The molecule has 2 saturated carbocycles. The van der Waals surface area contributed by atoms with E-state index >= 15 is 0 Å². The van der Waals surface area contributed by atoms with Gasteiger partial charge >= 0.3 is 0 Å². The molecule has 0 radical (unpaired) electrons. The quantitative estimate of drug-likeness (QED) is 0.672. The summed E-state index contributed by atoms with van der Waals surface area (Å²) in [5.74, 6) is 2.94. The van der Waals surface area contributed by atoms with Crippen LogP contribution < -0.4 is 0 Å². The Bertz CT molecular complexity index is 130. The summed E-state index contributed by atoms with van der Waals surface area (Å²) in [5.41, 5.74) is 0. The van der Waals surface area contributed by atoms with Crippen molar-refractivity contribution in [3.05, 3.63) is 0 Å². The van der Waals surface area contributed by atoms with Crippen molar-refractivity contribution in [1.82, 2.24) is 0 Å². The molecule has 2 rings (SSSR count). The maximum Gasteiger partial charge on any atom is 0.0433 e. The fourth-order valence-corrected chi connectivity index (χ4v) is 3.28. The fraction of sp³-hybridized carbons (Fsp3) is 1.00. The average molecular weight is 168 g/mol. The molecule has 0 aromatic heterocycles. The minimum atomic E-state index is 0.407. The first-order valence-electron chi connectivity index (χ1n) is 5.51. The predicted molar refractivity (Wildman–Crippen MR) is 49.9 cm³/mol. The van der Waals surface area contributed by atoms with Gasteiger partial charge in [-0.05, 0) is 37.0 Å². The van der Waals surface area contributed by atoms with Gasteiger partial charge in [0.15, 0.2) is 0 Å². The van der Waals surface area contributed by atoms with E-state index in [4.69, 9.17) is 5.11 Å². The SMILES string of the molecule is OCCC1CC2CCCCC2C1. The van der Waals surface area contributed by atoms with Gasteiger partial charge in [-0.25, -0.2) is 0 Å². The normalized spacial score (nSPS) is 41.2. The summed E-state index contributed by atoms with van der Waals surface area (Å²) in [6.45, 7) is 0.407. The minimum Gasteiger partial charge on any atom is -0.396 e. The van der Waals surface area contributed by atoms with Crippen molar-refractivity contribution in [2.75, 3.05) is 6.61 Å². The molecule has 1 heteroatoms. The number of aliphatic hydroxyl groups is 1. The van der Waals surface area contributed by atoms with Crippen molar-refractivity contribution >= 4 is 0 Å². The van der Waals surface area contributed by atoms with E-state index < -0.39 is 0 Å². The molecular weight excluding hydrogens is 148 g/mol. The van der Waals surface area contributed by atoms with Crippen LogP contribution in [0.3, 0.4) is 0 Å². The van der Waals surface area contributed by atoms with Crippen LogP contribution in [0.25, 0.3) is 0 Å². The molecule has 0 heterocycles. The van der Waals surface area contributed by atoms with E-state index in [0.29, 0.717) is 6.61 Å². The van der Waals surface area contributed by atoms with E-state index in [-0.39, 0.29) is 0 Å². The first kappa shape index (κ1) is 8.55. The van der Waals surface area contributed by atoms with E-state index in [9.17, 15) is 0 Å². The van der Waals surface area contributed by atoms with Crippen LogP contribution in [0.5, 0.6) is 0 Å². The van der Waals surface area contributed by atoms with Crippen LogP contribution in [0.2, 0.25) is 0 Å². The number of rotatable bonds is 2. The Morgan fingerprint density at radius 3 is 2.08 bits per heavy atom. The highest BCUT2D eigenvalue weighted by Gasteiger charge is 2.34. The first-order chi connectivity index (χ1) is 5.90. The van der Waals surface area contributed by atoms with Gasteiger partial charge in [-0.1, -0.05) is 25.7 Å². The molecule has 0 amide bonds. The summed E-state index contributed by atoms with van der Waals surface area (Å²) in [5, 5.41) is 8.86. The number of fused-ring (bicyclic) bond motifs is 1. The van der Waals surface area contributed by atoms with Crippen molar-refractivity contribution in [3.8, 4) is 0 Å². The van der Waals surface area contributed by atoms with Crippen LogP contribution in [0.15, 0.2) is 0 Å². The molecule has 1 nitrogen and oxygen atoms in total. The molecule has 12 heavy (non-hydrogen) atoms. The third-order valence-corrected chi connectivity index (χ3v) is 3.88. The summed E-state index contributed by atoms with van der Waals surface area (Å²) >= 11 is 0. The van der Waals surface area contributed by atoms with Crippen molar-refractivity contribution < 1.29 is 5.11 Å². The van der Waals surface area contributed by atoms with Gasteiger partial charge in [0.1, 0.15) is 0 Å². The van der Waals surface area contributed by atoms with Crippen molar-refractivity contribution in [2.45, 2.75) is 44.9 Å². The Morgan fingerprint density at radius 1 is 1.00 bits per heavy atom. The van der Waals surface area contributed by atoms with Gasteiger partial charge in [0.2, 0.25) is 0 Å². The molecule has 0 spiro atoms. The Hall–Kier alpha value is -0.0400. The highest BCUT2D eigenvalue weighted by atomic mass is 16.3. The van der Waals surface area contributed by atoms with Gasteiger partial charge in [-0.2, -0.15) is 0 Å². The lowest BCUT2D eigenvalue weighted by molar-refractivity contribution is 0.255. The highest BCUT2D eigenvalue weighted by Crippen LogP contribution is 2.45. The molecule has 2 unspecified atom stereocenters. The Morgan fingerprint density at radius 2 is 1.58 bits per heavy atom. The van der Waals surface area contributed by atoms with Crippen molar-refractivity contribution in [3.63, 3.8) is 0 Å². The second kappa shape index (κ2) is 3.78. The standard InChI is InChI=1S/C11H20O/c12-6-5-9-7-10-3-1-2-4-11(10)8-9/h9-12H,1-8H2. The third kappa shape index (κ3) is 1.66. The topological polar surface area (TPSA) is 20.2 Å². The Balaban J connectivity index is 1.85. The van der Waals surface area contributed by atoms with E-state index in [1.807, 2.05) is 0 Å². The molecule has 0 aromatic carbocycles. The highest BCUT2D eigenvalue weighted by molar-refractivity contribution is 4.85. The molecule has 2 atom stereocenters. The van der Waals surface area contributed by atoms with E-state index in [2.05, 4.69) is 0 Å². The van der Waals surface area contributed by atoms with Gasteiger partial charge in [-0.3, -0.25) is 0 Å². The predicted octanol–water partition coefficient (Wildman–Crippen LogP) is 2.59. The van der Waals surface area contributed by atoms with Crippen LogP contribution >= 0.6 is 0 Å². The zero-order chi connectivity index (χ0) is 8.39. The first-order valence-corrected chi connectivity index (χ1v) is 5.51. The second-order valence-electron chi connectivity index (χ2n) is 4.65. The Labute approximate surface area is 75.2 Å². The molecule has 2 aliphatic carbocycles. The molecule has 0 bridgehead atoms. The summed E-state index contributed by atoms with van der Waals surface area (Å²) in [6.07, 6.45) is 9.79. The van der Waals surface area contributed by atoms with Gasteiger partial charge in [-0.15, -0.1) is 0 Å².